The van der Waals surface area contributed by atoms with Crippen LogP contribution in [0.5, 0.6) is 0 Å². The van der Waals surface area contributed by atoms with Crippen molar-refractivity contribution in [1.29, 1.82) is 0 Å². The summed E-state index contributed by atoms with van der Waals surface area (Å²) in [6, 6.07) is 0. The molecule has 102 valence electrons. The first-order chi connectivity index (χ1) is 8.12. The van der Waals surface area contributed by atoms with Crippen molar-refractivity contribution in [3.05, 3.63) is 0 Å². The van der Waals surface area contributed by atoms with E-state index in [4.69, 9.17) is 5.73 Å². The van der Waals surface area contributed by atoms with Crippen LogP contribution >= 0.6 is 0 Å². The minimum Gasteiger partial charge on any atom is -0.329 e. The highest BCUT2D eigenvalue weighted by Crippen LogP contribution is 2.30. The lowest BCUT2D eigenvalue weighted by Gasteiger charge is -2.42. The van der Waals surface area contributed by atoms with Gasteiger partial charge in [0.05, 0.1) is 0 Å². The van der Waals surface area contributed by atoms with E-state index in [1.807, 2.05) is 0 Å². The van der Waals surface area contributed by atoms with Crippen LogP contribution in [-0.4, -0.2) is 30.6 Å². The summed E-state index contributed by atoms with van der Waals surface area (Å²) >= 11 is 0. The van der Waals surface area contributed by atoms with Gasteiger partial charge in [0.15, 0.2) is 0 Å². The van der Waals surface area contributed by atoms with Gasteiger partial charge < -0.3 is 5.73 Å². The van der Waals surface area contributed by atoms with E-state index in [2.05, 4.69) is 25.8 Å². The Balaban J connectivity index is 2.30. The molecule has 17 heavy (non-hydrogen) atoms. The van der Waals surface area contributed by atoms with Gasteiger partial charge in [0.25, 0.3) is 0 Å². The van der Waals surface area contributed by atoms with Crippen LogP contribution in [0.2, 0.25) is 0 Å². The fraction of sp³-hybridized carbons (Fsp3) is 1.00. The Kier molecular flexibility index (Phi) is 6.50. The first-order valence-electron chi connectivity index (χ1n) is 7.53. The molecule has 0 bridgehead atoms. The van der Waals surface area contributed by atoms with Crippen molar-refractivity contribution in [3.63, 3.8) is 0 Å². The van der Waals surface area contributed by atoms with Gasteiger partial charge in [0, 0.05) is 18.6 Å². The maximum atomic E-state index is 6.02. The Hall–Kier alpha value is -0.0800. The summed E-state index contributed by atoms with van der Waals surface area (Å²) in [5.74, 6) is 0.946. The summed E-state index contributed by atoms with van der Waals surface area (Å²) in [6.45, 7) is 6.66. The van der Waals surface area contributed by atoms with Gasteiger partial charge in [-0.15, -0.1) is 0 Å². The number of nitrogens with two attached hydrogens (primary N) is 1. The second kappa shape index (κ2) is 7.38. The molecule has 0 heterocycles. The van der Waals surface area contributed by atoms with Crippen molar-refractivity contribution >= 4 is 0 Å². The molecule has 0 aliphatic heterocycles. The number of unbranched alkanes of at least 4 members (excludes halogenated alkanes) is 3. The number of nitrogens with zero attached hydrogens (tertiary/aromatic N) is 1. The first kappa shape index (κ1) is 15.0. The smallest absolute Gasteiger partial charge is 0.0300 e. The van der Waals surface area contributed by atoms with E-state index in [0.717, 1.165) is 12.5 Å². The van der Waals surface area contributed by atoms with Crippen molar-refractivity contribution in [1.82, 2.24) is 4.90 Å². The van der Waals surface area contributed by atoms with Crippen LogP contribution in [0.4, 0.5) is 0 Å². The second-order valence-corrected chi connectivity index (χ2v) is 6.19. The topological polar surface area (TPSA) is 29.3 Å². The summed E-state index contributed by atoms with van der Waals surface area (Å²) in [5.41, 5.74) is 6.24. The lowest BCUT2D eigenvalue weighted by molar-refractivity contribution is 0.0889. The lowest BCUT2D eigenvalue weighted by atomic mass is 9.83. The van der Waals surface area contributed by atoms with Crippen molar-refractivity contribution in [2.75, 3.05) is 20.1 Å². The van der Waals surface area contributed by atoms with E-state index in [-0.39, 0.29) is 5.54 Å². The third-order valence-corrected chi connectivity index (χ3v) is 4.69. The predicted octanol–water partition coefficient (Wildman–Crippen LogP) is 3.41. The molecule has 1 atom stereocenters. The number of likely N-dealkylation sites (N-methyl/N-ethyl adjacent to an activating group) is 1. The molecule has 1 unspecified atom stereocenters. The molecule has 1 rings (SSSR count). The molecule has 0 spiro atoms. The minimum absolute atomic E-state index is 0.226. The summed E-state index contributed by atoms with van der Waals surface area (Å²) < 4.78 is 0. The fourth-order valence-corrected chi connectivity index (χ4v) is 2.66. The second-order valence-electron chi connectivity index (χ2n) is 6.19. The van der Waals surface area contributed by atoms with Gasteiger partial charge in [-0.25, -0.2) is 0 Å². The number of rotatable bonds is 9. The monoisotopic (exact) mass is 240 g/mol. The molecule has 2 N–H and O–H groups in total. The zero-order chi connectivity index (χ0) is 12.7. The number of hydrogen-bond donors (Lipinski definition) is 1. The maximum Gasteiger partial charge on any atom is 0.0300 e. The summed E-state index contributed by atoms with van der Waals surface area (Å²) in [7, 11) is 2.27. The van der Waals surface area contributed by atoms with Crippen LogP contribution in [0, 0.1) is 5.92 Å². The Bertz CT molecular complexity index is 201. The highest BCUT2D eigenvalue weighted by atomic mass is 15.2. The summed E-state index contributed by atoms with van der Waals surface area (Å²) in [6.07, 6.45) is 10.9. The average molecular weight is 240 g/mol. The summed E-state index contributed by atoms with van der Waals surface area (Å²) in [4.78, 5) is 2.53. The normalized spacial score (nSPS) is 20.3. The SMILES string of the molecule is CCCCCCC(C)(CN)N(C)CC1CCC1. The average Bonchev–Trinajstić information content (AvgIpc) is 2.28. The molecule has 1 saturated carbocycles. The molecule has 1 aliphatic carbocycles. The molecule has 0 radical (unpaired) electrons. The van der Waals surface area contributed by atoms with Crippen LogP contribution in [0.25, 0.3) is 0 Å². The molecule has 0 aromatic heterocycles. The van der Waals surface area contributed by atoms with Gasteiger partial charge in [-0.1, -0.05) is 39.0 Å². The first-order valence-corrected chi connectivity index (χ1v) is 7.53. The Morgan fingerprint density at radius 3 is 2.41 bits per heavy atom. The highest BCUT2D eigenvalue weighted by molar-refractivity contribution is 4.87. The molecule has 0 amide bonds. The zero-order valence-electron chi connectivity index (χ0n) is 12.2. The Labute approximate surface area is 108 Å². The molecule has 0 saturated heterocycles. The maximum absolute atomic E-state index is 6.02. The highest BCUT2D eigenvalue weighted by Gasteiger charge is 2.30. The van der Waals surface area contributed by atoms with Gasteiger partial charge >= 0.3 is 0 Å². The van der Waals surface area contributed by atoms with Gasteiger partial charge in [-0.2, -0.15) is 0 Å². The van der Waals surface area contributed by atoms with Crippen LogP contribution in [0.3, 0.4) is 0 Å². The molecule has 1 aliphatic rings. The number of hydrogen-bond acceptors (Lipinski definition) is 2. The third kappa shape index (κ3) is 4.59. The quantitative estimate of drug-likeness (QED) is 0.626. The van der Waals surface area contributed by atoms with E-state index < -0.39 is 0 Å². The van der Waals surface area contributed by atoms with Crippen LogP contribution in [0.1, 0.15) is 65.2 Å². The van der Waals surface area contributed by atoms with Gasteiger partial charge in [0.2, 0.25) is 0 Å². The van der Waals surface area contributed by atoms with Crippen molar-refractivity contribution in [3.8, 4) is 0 Å². The molecule has 2 nitrogen and oxygen atoms in total. The third-order valence-electron chi connectivity index (χ3n) is 4.69. The predicted molar refractivity (Wildman–Crippen MR) is 76.2 cm³/mol. The Morgan fingerprint density at radius 1 is 1.24 bits per heavy atom. The van der Waals surface area contributed by atoms with E-state index in [1.54, 1.807) is 0 Å². The Morgan fingerprint density at radius 2 is 1.94 bits per heavy atom. The van der Waals surface area contributed by atoms with Gasteiger partial charge in [0.1, 0.15) is 0 Å². The van der Waals surface area contributed by atoms with Gasteiger partial charge in [-0.3, -0.25) is 4.90 Å². The van der Waals surface area contributed by atoms with Crippen LogP contribution < -0.4 is 5.73 Å². The van der Waals surface area contributed by atoms with Gasteiger partial charge in [-0.05, 0) is 39.2 Å². The van der Waals surface area contributed by atoms with E-state index in [0.29, 0.717) is 0 Å². The van der Waals surface area contributed by atoms with Crippen molar-refractivity contribution in [2.24, 2.45) is 11.7 Å². The van der Waals surface area contributed by atoms with E-state index in [1.165, 1.54) is 57.9 Å². The van der Waals surface area contributed by atoms with Crippen LogP contribution in [-0.2, 0) is 0 Å². The minimum atomic E-state index is 0.226. The molecular formula is C15H32N2. The largest absolute Gasteiger partial charge is 0.329 e. The molecule has 1 fully saturated rings. The van der Waals surface area contributed by atoms with Crippen molar-refractivity contribution in [2.45, 2.75) is 70.8 Å². The van der Waals surface area contributed by atoms with Crippen LogP contribution in [0.15, 0.2) is 0 Å². The molecule has 2 heteroatoms. The fourth-order valence-electron chi connectivity index (χ4n) is 2.66. The lowest BCUT2D eigenvalue weighted by Crippen LogP contribution is -2.51. The molecule has 0 aromatic carbocycles. The molecule has 0 aromatic rings. The summed E-state index contributed by atoms with van der Waals surface area (Å²) in [5, 5.41) is 0. The molecular weight excluding hydrogens is 208 g/mol. The zero-order valence-corrected chi connectivity index (χ0v) is 12.2. The van der Waals surface area contributed by atoms with E-state index in [9.17, 15) is 0 Å². The van der Waals surface area contributed by atoms with E-state index >= 15 is 0 Å². The van der Waals surface area contributed by atoms with Crippen molar-refractivity contribution < 1.29 is 0 Å². The standard InChI is InChI=1S/C15H32N2/c1-4-5-6-7-11-15(2,13-16)17(3)12-14-9-8-10-14/h14H,4-13,16H2,1-3H3.